The lowest BCUT2D eigenvalue weighted by Crippen LogP contribution is -2.16. The molecule has 1 heterocycles. The molecule has 2 aromatic rings. The number of rotatable bonds is 6. The van der Waals surface area contributed by atoms with Gasteiger partial charge in [-0.15, -0.1) is 0 Å². The standard InChI is InChI=1S/C17H20N4O3/c1-4-24-17(23)12-5-7-13(8-6-12)21-16(22)14-9-19-15(10-18-14)20-11(2)3/h5-11H,4H2,1-3H3,(H,19,20)(H,21,22). The third-order valence-corrected chi connectivity index (χ3v) is 2.97. The van der Waals surface area contributed by atoms with Crippen LogP contribution in [0.3, 0.4) is 0 Å². The van der Waals surface area contributed by atoms with Gasteiger partial charge in [0, 0.05) is 11.7 Å². The summed E-state index contributed by atoms with van der Waals surface area (Å²) in [6, 6.07) is 6.68. The molecule has 0 radical (unpaired) electrons. The molecule has 0 bridgehead atoms. The van der Waals surface area contributed by atoms with E-state index in [0.29, 0.717) is 23.7 Å². The van der Waals surface area contributed by atoms with Crippen molar-refractivity contribution in [3.05, 3.63) is 47.9 Å². The molecule has 0 atom stereocenters. The van der Waals surface area contributed by atoms with Crippen molar-refractivity contribution in [3.63, 3.8) is 0 Å². The van der Waals surface area contributed by atoms with E-state index in [0.717, 1.165) is 0 Å². The lowest BCUT2D eigenvalue weighted by atomic mass is 10.2. The Morgan fingerprint density at radius 2 is 1.83 bits per heavy atom. The molecule has 0 spiro atoms. The van der Waals surface area contributed by atoms with E-state index >= 15 is 0 Å². The van der Waals surface area contributed by atoms with Gasteiger partial charge in [-0.05, 0) is 45.0 Å². The van der Waals surface area contributed by atoms with Crippen LogP contribution in [-0.4, -0.2) is 34.5 Å². The summed E-state index contributed by atoms with van der Waals surface area (Å²) in [6.45, 7) is 6.04. The van der Waals surface area contributed by atoms with Crippen LogP contribution in [0.25, 0.3) is 0 Å². The van der Waals surface area contributed by atoms with Crippen molar-refractivity contribution in [1.82, 2.24) is 9.97 Å². The van der Waals surface area contributed by atoms with E-state index in [-0.39, 0.29) is 17.6 Å². The number of ether oxygens (including phenoxy) is 1. The summed E-state index contributed by atoms with van der Waals surface area (Å²) in [5, 5.41) is 5.80. The van der Waals surface area contributed by atoms with Gasteiger partial charge in [0.2, 0.25) is 0 Å². The summed E-state index contributed by atoms with van der Waals surface area (Å²) in [6.07, 6.45) is 2.92. The number of esters is 1. The van der Waals surface area contributed by atoms with Crippen LogP contribution in [0.2, 0.25) is 0 Å². The molecule has 7 heteroatoms. The fourth-order valence-electron chi connectivity index (χ4n) is 1.91. The third kappa shape index (κ3) is 4.77. The highest BCUT2D eigenvalue weighted by Crippen LogP contribution is 2.12. The molecule has 0 unspecified atom stereocenters. The molecule has 2 N–H and O–H groups in total. The second kappa shape index (κ2) is 8.05. The Labute approximate surface area is 140 Å². The van der Waals surface area contributed by atoms with Crippen LogP contribution in [0.15, 0.2) is 36.7 Å². The number of nitrogens with one attached hydrogen (secondary N) is 2. The first-order chi connectivity index (χ1) is 11.5. The Morgan fingerprint density at radius 1 is 1.12 bits per heavy atom. The number of aromatic nitrogens is 2. The fraction of sp³-hybridized carbons (Fsp3) is 0.294. The highest BCUT2D eigenvalue weighted by atomic mass is 16.5. The molecule has 0 saturated heterocycles. The van der Waals surface area contributed by atoms with Crippen molar-refractivity contribution in [2.24, 2.45) is 0 Å². The molecule has 0 saturated carbocycles. The van der Waals surface area contributed by atoms with Gasteiger partial charge in [-0.25, -0.2) is 14.8 Å². The Bertz CT molecular complexity index is 697. The molecule has 0 fully saturated rings. The van der Waals surface area contributed by atoms with Gasteiger partial charge in [-0.1, -0.05) is 0 Å². The van der Waals surface area contributed by atoms with E-state index in [1.165, 1.54) is 12.4 Å². The van der Waals surface area contributed by atoms with Gasteiger partial charge in [0.1, 0.15) is 11.5 Å². The normalized spacial score (nSPS) is 10.3. The quantitative estimate of drug-likeness (QED) is 0.792. The number of anilines is 2. The van der Waals surface area contributed by atoms with Crippen molar-refractivity contribution in [3.8, 4) is 0 Å². The minimum Gasteiger partial charge on any atom is -0.462 e. The third-order valence-electron chi connectivity index (χ3n) is 2.97. The van der Waals surface area contributed by atoms with Crippen LogP contribution >= 0.6 is 0 Å². The van der Waals surface area contributed by atoms with Crippen LogP contribution in [-0.2, 0) is 4.74 Å². The lowest BCUT2D eigenvalue weighted by Gasteiger charge is -2.09. The number of nitrogens with zero attached hydrogens (tertiary/aromatic N) is 2. The molecule has 7 nitrogen and oxygen atoms in total. The topological polar surface area (TPSA) is 93.2 Å². The van der Waals surface area contributed by atoms with Gasteiger partial charge in [0.05, 0.1) is 24.6 Å². The number of amides is 1. The van der Waals surface area contributed by atoms with Gasteiger partial charge in [0.15, 0.2) is 0 Å². The van der Waals surface area contributed by atoms with Crippen LogP contribution in [0.5, 0.6) is 0 Å². The van der Waals surface area contributed by atoms with Gasteiger partial charge < -0.3 is 15.4 Å². The second-order valence-corrected chi connectivity index (χ2v) is 5.34. The monoisotopic (exact) mass is 328 g/mol. The van der Waals surface area contributed by atoms with E-state index in [1.807, 2.05) is 13.8 Å². The summed E-state index contributed by atoms with van der Waals surface area (Å²) in [5.74, 6) is -0.155. The number of benzene rings is 1. The van der Waals surface area contributed by atoms with Crippen molar-refractivity contribution < 1.29 is 14.3 Å². The van der Waals surface area contributed by atoms with E-state index in [9.17, 15) is 9.59 Å². The first-order valence-corrected chi connectivity index (χ1v) is 7.66. The highest BCUT2D eigenvalue weighted by molar-refractivity contribution is 6.03. The maximum Gasteiger partial charge on any atom is 0.338 e. The zero-order valence-corrected chi connectivity index (χ0v) is 13.9. The summed E-state index contributed by atoms with van der Waals surface area (Å²) < 4.78 is 4.91. The zero-order valence-electron chi connectivity index (χ0n) is 13.9. The molecule has 0 aliphatic carbocycles. The van der Waals surface area contributed by atoms with Crippen LogP contribution in [0.4, 0.5) is 11.5 Å². The number of hydrogen-bond donors (Lipinski definition) is 2. The molecule has 1 aromatic heterocycles. The predicted molar refractivity (Wildman–Crippen MR) is 91.1 cm³/mol. The zero-order chi connectivity index (χ0) is 17.5. The number of carbonyl (C=O) groups excluding carboxylic acids is 2. The largest absolute Gasteiger partial charge is 0.462 e. The number of carbonyl (C=O) groups is 2. The summed E-state index contributed by atoms with van der Waals surface area (Å²) in [5.41, 5.74) is 1.19. The van der Waals surface area contributed by atoms with Crippen molar-refractivity contribution in [2.75, 3.05) is 17.2 Å². The molecule has 126 valence electrons. The lowest BCUT2D eigenvalue weighted by molar-refractivity contribution is 0.0526. The van der Waals surface area contributed by atoms with Crippen LogP contribution in [0, 0.1) is 0 Å². The first kappa shape index (κ1) is 17.4. The predicted octanol–water partition coefficient (Wildman–Crippen LogP) is 2.73. The van der Waals surface area contributed by atoms with Gasteiger partial charge >= 0.3 is 5.97 Å². The molecule has 0 aliphatic heterocycles. The van der Waals surface area contributed by atoms with E-state index < -0.39 is 5.97 Å². The maximum atomic E-state index is 12.1. The smallest absolute Gasteiger partial charge is 0.338 e. The summed E-state index contributed by atoms with van der Waals surface area (Å²) in [4.78, 5) is 31.9. The van der Waals surface area contributed by atoms with Crippen molar-refractivity contribution in [1.29, 1.82) is 0 Å². The Balaban J connectivity index is 2.00. The Hall–Kier alpha value is -2.96. The molecule has 1 amide bonds. The van der Waals surface area contributed by atoms with E-state index in [1.54, 1.807) is 31.2 Å². The van der Waals surface area contributed by atoms with Crippen LogP contribution in [0.1, 0.15) is 41.6 Å². The number of hydrogen-bond acceptors (Lipinski definition) is 6. The van der Waals surface area contributed by atoms with E-state index in [4.69, 9.17) is 4.74 Å². The maximum absolute atomic E-state index is 12.1. The highest BCUT2D eigenvalue weighted by Gasteiger charge is 2.10. The van der Waals surface area contributed by atoms with Crippen LogP contribution < -0.4 is 10.6 Å². The molecule has 1 aromatic carbocycles. The summed E-state index contributed by atoms with van der Waals surface area (Å²) >= 11 is 0. The SMILES string of the molecule is CCOC(=O)c1ccc(NC(=O)c2cnc(NC(C)C)cn2)cc1. The van der Waals surface area contributed by atoms with Gasteiger partial charge in [-0.2, -0.15) is 0 Å². The summed E-state index contributed by atoms with van der Waals surface area (Å²) in [7, 11) is 0. The molecule has 24 heavy (non-hydrogen) atoms. The van der Waals surface area contributed by atoms with Crippen molar-refractivity contribution >= 4 is 23.4 Å². The minimum absolute atomic E-state index is 0.207. The molecular weight excluding hydrogens is 308 g/mol. The van der Waals surface area contributed by atoms with Gasteiger partial charge in [0.25, 0.3) is 5.91 Å². The van der Waals surface area contributed by atoms with Gasteiger partial charge in [-0.3, -0.25) is 4.79 Å². The fourth-order valence-corrected chi connectivity index (χ4v) is 1.91. The Morgan fingerprint density at radius 3 is 2.38 bits per heavy atom. The second-order valence-electron chi connectivity index (χ2n) is 5.34. The minimum atomic E-state index is -0.394. The Kier molecular flexibility index (Phi) is 5.83. The molecule has 0 aliphatic rings. The average molecular weight is 328 g/mol. The average Bonchev–Trinajstić information content (AvgIpc) is 2.56. The van der Waals surface area contributed by atoms with Crippen molar-refractivity contribution in [2.45, 2.75) is 26.8 Å². The molecule has 2 rings (SSSR count). The molecular formula is C17H20N4O3. The van der Waals surface area contributed by atoms with E-state index in [2.05, 4.69) is 20.6 Å². The first-order valence-electron chi connectivity index (χ1n) is 7.66.